The van der Waals surface area contributed by atoms with Gasteiger partial charge >= 0.3 is 0 Å². The van der Waals surface area contributed by atoms with Crippen molar-refractivity contribution >= 4 is 22.7 Å². The van der Waals surface area contributed by atoms with Crippen LogP contribution in [0.4, 0.5) is 5.82 Å². The molecule has 0 spiro atoms. The quantitative estimate of drug-likeness (QED) is 0.519. The average molecular weight is 387 g/mol. The first kappa shape index (κ1) is 17.4. The third-order valence-corrected chi connectivity index (χ3v) is 5.35. The number of hydrogen-bond acceptors (Lipinski definition) is 6. The van der Waals surface area contributed by atoms with Crippen LogP contribution in [0.15, 0.2) is 56.5 Å². The Labute approximate surface area is 165 Å². The molecule has 144 valence electrons. The van der Waals surface area contributed by atoms with Crippen LogP contribution < -0.4 is 10.3 Å². The second-order valence-electron chi connectivity index (χ2n) is 7.27. The maximum Gasteiger partial charge on any atom is 0.296 e. The fourth-order valence-corrected chi connectivity index (χ4v) is 3.78. The summed E-state index contributed by atoms with van der Waals surface area (Å²) in [5.41, 5.74) is 3.12. The molecule has 3 aromatic heterocycles. The van der Waals surface area contributed by atoms with E-state index in [-0.39, 0.29) is 11.2 Å². The maximum atomic E-state index is 13.5. The van der Waals surface area contributed by atoms with E-state index < -0.39 is 11.9 Å². The van der Waals surface area contributed by atoms with Gasteiger partial charge in [0, 0.05) is 18.5 Å². The summed E-state index contributed by atoms with van der Waals surface area (Å²) in [5.74, 6) is 0.479. The standard InChI is InChI=1S/C22H17N3O4/c1-11-7-15-16(8-12(11)2)28-21-18(20(15)26)19(14-5-4-6-23-10-14)25(22(21)27)17-9-13(3)29-24-17/h4-10,19H,1-3H3/t19-/m0/s1. The highest BCUT2D eigenvalue weighted by Gasteiger charge is 2.45. The molecule has 7 nitrogen and oxygen atoms in total. The largest absolute Gasteiger partial charge is 0.450 e. The molecule has 0 unspecified atom stereocenters. The molecule has 7 heteroatoms. The van der Waals surface area contributed by atoms with E-state index in [1.54, 1.807) is 37.5 Å². The Morgan fingerprint density at radius 3 is 2.55 bits per heavy atom. The van der Waals surface area contributed by atoms with E-state index in [9.17, 15) is 9.59 Å². The first-order valence-electron chi connectivity index (χ1n) is 9.20. The van der Waals surface area contributed by atoms with Crippen LogP contribution >= 0.6 is 0 Å². The zero-order chi connectivity index (χ0) is 20.3. The van der Waals surface area contributed by atoms with E-state index in [1.807, 2.05) is 26.0 Å². The lowest BCUT2D eigenvalue weighted by Gasteiger charge is -2.21. The number of benzene rings is 1. The third-order valence-electron chi connectivity index (χ3n) is 5.35. The molecule has 0 N–H and O–H groups in total. The monoisotopic (exact) mass is 387 g/mol. The molecule has 0 radical (unpaired) electrons. The van der Waals surface area contributed by atoms with E-state index in [0.29, 0.717) is 33.7 Å². The molecule has 0 bridgehead atoms. The van der Waals surface area contributed by atoms with Crippen molar-refractivity contribution in [2.24, 2.45) is 0 Å². The summed E-state index contributed by atoms with van der Waals surface area (Å²) < 4.78 is 11.2. The van der Waals surface area contributed by atoms with Crippen LogP contribution in [0.2, 0.25) is 0 Å². The first-order valence-corrected chi connectivity index (χ1v) is 9.20. The number of anilines is 1. The Kier molecular flexibility index (Phi) is 3.67. The molecule has 1 atom stereocenters. The molecule has 0 fully saturated rings. The SMILES string of the molecule is Cc1cc(N2C(=O)c3oc4cc(C)c(C)cc4c(=O)c3[C@@H]2c2cccnc2)no1. The van der Waals surface area contributed by atoms with Crippen LogP contribution in [0.5, 0.6) is 0 Å². The predicted molar refractivity (Wildman–Crippen MR) is 106 cm³/mol. The van der Waals surface area contributed by atoms with Crippen molar-refractivity contribution in [1.29, 1.82) is 0 Å². The fraction of sp³-hybridized carbons (Fsp3) is 0.182. The van der Waals surface area contributed by atoms with Crippen molar-refractivity contribution in [2.45, 2.75) is 26.8 Å². The van der Waals surface area contributed by atoms with Crippen molar-refractivity contribution in [1.82, 2.24) is 10.1 Å². The summed E-state index contributed by atoms with van der Waals surface area (Å²) >= 11 is 0. The zero-order valence-electron chi connectivity index (χ0n) is 16.1. The summed E-state index contributed by atoms with van der Waals surface area (Å²) in [6.07, 6.45) is 3.28. The molecule has 1 aliphatic heterocycles. The van der Waals surface area contributed by atoms with Crippen LogP contribution in [0.3, 0.4) is 0 Å². The second kappa shape index (κ2) is 6.13. The topological polar surface area (TPSA) is 89.4 Å². The Balaban J connectivity index is 1.84. The van der Waals surface area contributed by atoms with Gasteiger partial charge in [0.1, 0.15) is 11.3 Å². The van der Waals surface area contributed by atoms with Gasteiger partial charge in [0.05, 0.1) is 17.0 Å². The average Bonchev–Trinajstić information content (AvgIpc) is 3.26. The number of aromatic nitrogens is 2. The lowest BCUT2D eigenvalue weighted by molar-refractivity contribution is 0.0969. The molecular weight excluding hydrogens is 370 g/mol. The molecule has 0 saturated heterocycles. The smallest absolute Gasteiger partial charge is 0.296 e. The van der Waals surface area contributed by atoms with Gasteiger partial charge in [0.25, 0.3) is 5.91 Å². The number of carbonyl (C=O) groups excluding carboxylic acids is 1. The summed E-state index contributed by atoms with van der Waals surface area (Å²) in [7, 11) is 0. The van der Waals surface area contributed by atoms with Gasteiger partial charge in [-0.3, -0.25) is 19.5 Å². The van der Waals surface area contributed by atoms with Crippen LogP contribution in [0.25, 0.3) is 11.0 Å². The summed E-state index contributed by atoms with van der Waals surface area (Å²) in [5, 5.41) is 4.45. The van der Waals surface area contributed by atoms with Crippen molar-refractivity contribution in [3.8, 4) is 0 Å². The minimum atomic E-state index is -0.696. The molecule has 1 amide bonds. The number of carbonyl (C=O) groups is 1. The number of amides is 1. The van der Waals surface area contributed by atoms with Gasteiger partial charge in [0.2, 0.25) is 5.76 Å². The van der Waals surface area contributed by atoms with Gasteiger partial charge in [-0.25, -0.2) is 0 Å². The summed E-state index contributed by atoms with van der Waals surface area (Å²) in [6.45, 7) is 5.62. The number of rotatable bonds is 2. The van der Waals surface area contributed by atoms with Gasteiger partial charge in [-0.15, -0.1) is 0 Å². The Morgan fingerprint density at radius 1 is 1.07 bits per heavy atom. The van der Waals surface area contributed by atoms with Gasteiger partial charge in [-0.2, -0.15) is 0 Å². The molecule has 0 aliphatic carbocycles. The minimum absolute atomic E-state index is 0.0280. The maximum absolute atomic E-state index is 13.5. The van der Waals surface area contributed by atoms with Crippen LogP contribution in [-0.2, 0) is 0 Å². The van der Waals surface area contributed by atoms with Crippen LogP contribution in [0.1, 0.15) is 44.6 Å². The highest BCUT2D eigenvalue weighted by atomic mass is 16.5. The minimum Gasteiger partial charge on any atom is -0.450 e. The third kappa shape index (κ3) is 2.51. The molecule has 1 aliphatic rings. The normalized spacial score (nSPS) is 15.9. The van der Waals surface area contributed by atoms with Gasteiger partial charge in [-0.05, 0) is 55.7 Å². The van der Waals surface area contributed by atoms with Crippen LogP contribution in [-0.4, -0.2) is 16.0 Å². The predicted octanol–water partition coefficient (Wildman–Crippen LogP) is 3.85. The number of aryl methyl sites for hydroxylation is 3. The van der Waals surface area contributed by atoms with E-state index in [0.717, 1.165) is 11.1 Å². The fourth-order valence-electron chi connectivity index (χ4n) is 3.78. The summed E-state index contributed by atoms with van der Waals surface area (Å²) in [4.78, 5) is 32.4. The highest BCUT2D eigenvalue weighted by molar-refractivity contribution is 6.10. The van der Waals surface area contributed by atoms with Crippen molar-refractivity contribution in [2.75, 3.05) is 4.90 Å². The highest BCUT2D eigenvalue weighted by Crippen LogP contribution is 2.40. The Hall–Kier alpha value is -3.74. The zero-order valence-corrected chi connectivity index (χ0v) is 16.1. The van der Waals surface area contributed by atoms with Gasteiger partial charge < -0.3 is 8.94 Å². The molecule has 4 heterocycles. The Morgan fingerprint density at radius 2 is 1.86 bits per heavy atom. The number of fused-ring (bicyclic) bond motifs is 2. The van der Waals surface area contributed by atoms with Crippen LogP contribution in [0, 0.1) is 20.8 Å². The molecule has 0 saturated carbocycles. The van der Waals surface area contributed by atoms with E-state index in [4.69, 9.17) is 8.94 Å². The number of hydrogen-bond donors (Lipinski definition) is 0. The lowest BCUT2D eigenvalue weighted by atomic mass is 9.98. The van der Waals surface area contributed by atoms with E-state index in [2.05, 4.69) is 10.1 Å². The van der Waals surface area contributed by atoms with Crippen molar-refractivity contribution in [3.05, 3.63) is 86.7 Å². The van der Waals surface area contributed by atoms with Gasteiger partial charge in [-0.1, -0.05) is 11.2 Å². The molecular formula is C22H17N3O4. The second-order valence-corrected chi connectivity index (χ2v) is 7.27. The molecule has 5 rings (SSSR count). The molecule has 1 aromatic carbocycles. The van der Waals surface area contributed by atoms with Gasteiger partial charge in [0.15, 0.2) is 11.2 Å². The Bertz CT molecular complexity index is 1340. The van der Waals surface area contributed by atoms with Crippen molar-refractivity contribution in [3.63, 3.8) is 0 Å². The number of nitrogens with zero attached hydrogens (tertiary/aromatic N) is 3. The molecule has 4 aromatic rings. The lowest BCUT2D eigenvalue weighted by Crippen LogP contribution is -2.29. The summed E-state index contributed by atoms with van der Waals surface area (Å²) in [6, 6.07) is 8.15. The van der Waals surface area contributed by atoms with E-state index >= 15 is 0 Å². The first-order chi connectivity index (χ1) is 14.0. The molecule has 29 heavy (non-hydrogen) atoms. The van der Waals surface area contributed by atoms with Crippen molar-refractivity contribution < 1.29 is 13.7 Å². The van der Waals surface area contributed by atoms with E-state index in [1.165, 1.54) is 4.90 Å². The number of pyridine rings is 1.